The van der Waals surface area contributed by atoms with E-state index in [-0.39, 0.29) is 124 Å². The number of methoxy groups -OCH3 is 1. The first kappa shape index (κ1) is 90.4. The number of urea groups is 1. The minimum absolute atomic E-state index is 0.0151. The topological polar surface area (TPSA) is 448 Å². The molecule has 1 heterocycles. The lowest BCUT2D eigenvalue weighted by molar-refractivity contribution is -0.146. The monoisotopic (exact) mass is 1480 g/mol. The molecule has 1 saturated heterocycles. The van der Waals surface area contributed by atoms with Crippen LogP contribution in [0.5, 0.6) is 0 Å². The van der Waals surface area contributed by atoms with E-state index in [0.29, 0.717) is 31.4 Å². The molecule has 0 saturated carbocycles. The van der Waals surface area contributed by atoms with Crippen LogP contribution in [0.4, 0.5) is 15.3 Å². The van der Waals surface area contributed by atoms with Crippen LogP contribution in [0.2, 0.25) is 0 Å². The number of anilines is 1. The van der Waals surface area contributed by atoms with E-state index in [2.05, 4.69) is 42.5 Å². The third-order valence-electron chi connectivity index (χ3n) is 18.8. The number of carbonyl (C=O) groups excluding carboxylic acids is 12. The smallest absolute Gasteiger partial charge is 0.410 e. The molecule has 0 aliphatic carbocycles. The summed E-state index contributed by atoms with van der Waals surface area (Å²) in [5.41, 5.74) is 11.8. The van der Waals surface area contributed by atoms with E-state index in [1.807, 2.05) is 32.0 Å². The molecule has 0 bridgehead atoms. The number of hydrogen-bond donors (Lipinski definition) is 12. The van der Waals surface area contributed by atoms with Crippen molar-refractivity contribution < 1.29 is 86.8 Å². The maximum atomic E-state index is 14.9. The van der Waals surface area contributed by atoms with Gasteiger partial charge in [0, 0.05) is 101 Å². The molecule has 12 amide bonds. The number of rotatable bonds is 46. The number of amides is 12. The lowest BCUT2D eigenvalue weighted by Gasteiger charge is -2.40. The van der Waals surface area contributed by atoms with Crippen LogP contribution < -0.4 is 54.0 Å². The molecule has 0 spiro atoms. The highest BCUT2D eigenvalue weighted by Gasteiger charge is 2.42. The number of aliphatic hydroxyl groups excluding tert-OH is 1. The number of benzene rings is 2. The molecule has 1 aliphatic heterocycles. The van der Waals surface area contributed by atoms with Gasteiger partial charge in [-0.1, -0.05) is 119 Å². The summed E-state index contributed by atoms with van der Waals surface area (Å²) in [5, 5.41) is 41.7. The van der Waals surface area contributed by atoms with Gasteiger partial charge in [0.05, 0.1) is 43.9 Å². The number of nitrogens with two attached hydrogens (primary N) is 2. The van der Waals surface area contributed by atoms with E-state index >= 15 is 0 Å². The average Bonchev–Trinajstić information content (AvgIpc) is 1.82. The summed E-state index contributed by atoms with van der Waals surface area (Å²) < 4.78 is 17.3. The van der Waals surface area contributed by atoms with Crippen molar-refractivity contribution in [1.82, 2.24) is 51.9 Å². The van der Waals surface area contributed by atoms with Crippen LogP contribution in [0.1, 0.15) is 181 Å². The fourth-order valence-electron chi connectivity index (χ4n) is 12.4. The number of ketones is 1. The number of likely N-dealkylation sites (N-methyl/N-ethyl adjacent to an activating group) is 2. The fourth-order valence-corrected chi connectivity index (χ4v) is 12.4. The highest BCUT2D eigenvalue weighted by molar-refractivity contribution is 6.01. The molecule has 2 aromatic carbocycles. The molecule has 12 atom stereocenters. The third-order valence-corrected chi connectivity index (χ3v) is 18.8. The summed E-state index contributed by atoms with van der Waals surface area (Å²) in [6.45, 7) is 21.1. The van der Waals surface area contributed by atoms with Gasteiger partial charge >= 0.3 is 18.1 Å². The quantitative estimate of drug-likeness (QED) is 0.0416. The number of nitrogens with one attached hydrogen (secondary N) is 8. The van der Waals surface area contributed by atoms with Crippen molar-refractivity contribution in [2.24, 2.45) is 47.0 Å². The van der Waals surface area contributed by atoms with Crippen LogP contribution in [0.3, 0.4) is 0 Å². The Kier molecular flexibility index (Phi) is 39.2. The maximum absolute atomic E-state index is 14.9. The lowest BCUT2D eigenvalue weighted by atomic mass is 9.89. The number of Topliss-reactive ketones (excluding diaryl/α,β-unsaturated/α-hetero) is 1. The largest absolute Gasteiger partial charge is 0.481 e. The molecule has 1 fully saturated rings. The predicted molar refractivity (Wildman–Crippen MR) is 393 cm³/mol. The molecule has 14 N–H and O–H groups in total. The second kappa shape index (κ2) is 45.5. The highest BCUT2D eigenvalue weighted by atomic mass is 16.6. The summed E-state index contributed by atoms with van der Waals surface area (Å²) in [5.74, 6) is -9.30. The van der Waals surface area contributed by atoms with Crippen molar-refractivity contribution in [3.05, 3.63) is 65.2 Å². The Morgan fingerprint density at radius 2 is 1.33 bits per heavy atom. The second-order valence-electron chi connectivity index (χ2n) is 28.5. The Bertz CT molecular complexity index is 3210. The number of nitrogens with zero attached hydrogens (tertiary/aromatic N) is 3. The van der Waals surface area contributed by atoms with Gasteiger partial charge in [-0.25, -0.2) is 9.59 Å². The van der Waals surface area contributed by atoms with Crippen molar-refractivity contribution in [2.75, 3.05) is 65.9 Å². The number of likely N-dealkylation sites (tertiary alicyclic amines) is 1. The molecule has 105 heavy (non-hydrogen) atoms. The summed E-state index contributed by atoms with van der Waals surface area (Å²) >= 11 is 0. The van der Waals surface area contributed by atoms with Crippen molar-refractivity contribution in [2.45, 2.75) is 221 Å². The number of aliphatic hydroxyl groups is 1. The number of carboxylic acid groups (broad SMARTS) is 1. The van der Waals surface area contributed by atoms with Crippen molar-refractivity contribution in [1.29, 1.82) is 0 Å². The average molecular weight is 1480 g/mol. The van der Waals surface area contributed by atoms with Gasteiger partial charge in [0.15, 0.2) is 0 Å². The van der Waals surface area contributed by atoms with Crippen molar-refractivity contribution in [3.8, 4) is 0 Å². The zero-order chi connectivity index (χ0) is 78.9. The van der Waals surface area contributed by atoms with Crippen molar-refractivity contribution >= 4 is 82.7 Å². The Balaban J connectivity index is 1.82. The van der Waals surface area contributed by atoms with Crippen LogP contribution in [-0.4, -0.2) is 217 Å². The number of hydrogen-bond acceptors (Lipinski definition) is 18. The van der Waals surface area contributed by atoms with Gasteiger partial charge in [-0.2, -0.15) is 0 Å². The predicted octanol–water partition coefficient (Wildman–Crippen LogP) is 4.03. The van der Waals surface area contributed by atoms with Crippen LogP contribution in [0, 0.1) is 35.5 Å². The number of primary amides is 1. The third kappa shape index (κ3) is 29.6. The van der Waals surface area contributed by atoms with Gasteiger partial charge in [-0.05, 0) is 86.8 Å². The van der Waals surface area contributed by atoms with Crippen LogP contribution in [0.25, 0.3) is 0 Å². The minimum atomic E-state index is -1.41. The first-order valence-electron chi connectivity index (χ1n) is 36.5. The van der Waals surface area contributed by atoms with Gasteiger partial charge < -0.3 is 88.2 Å². The molecule has 31 heteroatoms. The van der Waals surface area contributed by atoms with Gasteiger partial charge in [-0.15, -0.1) is 0 Å². The van der Waals surface area contributed by atoms with Crippen LogP contribution in [0.15, 0.2) is 48.5 Å². The molecule has 0 aromatic heterocycles. The summed E-state index contributed by atoms with van der Waals surface area (Å²) in [6, 6.07) is 4.40. The molecular weight excluding hydrogens is 1360 g/mol. The fraction of sp³-hybridized carbons (Fsp3) is 0.662. The van der Waals surface area contributed by atoms with E-state index in [4.69, 9.17) is 25.7 Å². The lowest BCUT2D eigenvalue weighted by Crippen LogP contribution is -2.60. The molecule has 0 unspecified atom stereocenters. The summed E-state index contributed by atoms with van der Waals surface area (Å²) in [4.78, 5) is 180. The first-order valence-corrected chi connectivity index (χ1v) is 36.5. The SMILES string of the molecule is CC[C@H](C)[C@@H]([C@@H](CC(=O)N1CCC[C@H]1C[C@@H](C)C(=O)N[C@H](C)[C@@H](O)c1ccccc1)OC)N(C)C(=O)[C@@H](NC(=O)[C@H](C(C)C)N(C)C(=O)OCc1ccc(NC(=O)[C@H](CCCNC(N)=O)NC(=O)[C@@H](NC(=O)[C@H](CCC(=O)O)NC(=O)CCOCCC(=O)C(C)C)C(C)C)cc1C(=O)NCCN)C(C)C. The van der Waals surface area contributed by atoms with Crippen molar-refractivity contribution in [3.63, 3.8) is 0 Å². The number of ether oxygens (including phenoxy) is 3. The standard InChI is InChI=1S/C74H119N13O18/c1-16-46(10)64(57(103-15)40-59(90)87-35-21-24-52(87)38-47(11)66(94)79-48(12)65(93)49-22-18-17-19-23-49)85(13)72(100)62(44(6)7)84-71(99)63(45(8)9)86(14)74(102)105-41-50-26-27-51(39-53(50)67(95)77-34-32-75)80-68(96)54(25-20-33-78-73(76)101)82-70(98)61(43(4)5)83-69(97)55(28-29-60(91)92)81-58(89)31-37-104-36-30-56(88)42(2)3/h17-19,22-23,26-27,39,42-48,52,54-55,57,61-65,93H,16,20-21,24-25,28-38,40-41,75H2,1-15H3,(H,77,95)(H,79,94)(H,80,96)(H,81,89)(H,82,98)(H,83,97)(H,84,99)(H,91,92)(H3,76,78,101)/t46-,47+,48+,52-,54-,55-,57+,61-,62-,63-,64-,65+/m0/s1. The molecule has 31 nitrogen and oxygen atoms in total. The molecule has 0 radical (unpaired) electrons. The number of aliphatic carboxylic acids is 1. The van der Waals surface area contributed by atoms with E-state index in [1.165, 1.54) is 37.3 Å². The number of carbonyl (C=O) groups is 13. The van der Waals surface area contributed by atoms with Crippen LogP contribution in [-0.2, 0) is 68.8 Å². The Morgan fingerprint density at radius 3 is 1.92 bits per heavy atom. The molecule has 1 aliphatic rings. The summed E-state index contributed by atoms with van der Waals surface area (Å²) in [7, 11) is 4.45. The normalized spacial score (nSPS) is 16.0. The zero-order valence-corrected chi connectivity index (χ0v) is 64.0. The zero-order valence-electron chi connectivity index (χ0n) is 64.0. The second-order valence-corrected chi connectivity index (χ2v) is 28.5. The van der Waals surface area contributed by atoms with Gasteiger partial charge in [0.2, 0.25) is 47.3 Å². The Labute approximate surface area is 617 Å². The van der Waals surface area contributed by atoms with Gasteiger partial charge in [-0.3, -0.25) is 57.6 Å². The molecule has 588 valence electrons. The van der Waals surface area contributed by atoms with E-state index < -0.39 is 151 Å². The Hall–Kier alpha value is -8.81. The van der Waals surface area contributed by atoms with Crippen LogP contribution >= 0.6 is 0 Å². The van der Waals surface area contributed by atoms with E-state index in [0.717, 1.165) is 11.3 Å². The maximum Gasteiger partial charge on any atom is 0.410 e. The van der Waals surface area contributed by atoms with Gasteiger partial charge in [0.1, 0.15) is 42.6 Å². The first-order chi connectivity index (χ1) is 49.5. The van der Waals surface area contributed by atoms with E-state index in [1.54, 1.807) is 93.3 Å². The number of carboxylic acids is 1. The van der Waals surface area contributed by atoms with Gasteiger partial charge in [0.25, 0.3) is 5.91 Å². The molecule has 3 rings (SSSR count). The van der Waals surface area contributed by atoms with E-state index in [9.17, 15) is 72.5 Å². The molecule has 2 aromatic rings. The highest BCUT2D eigenvalue weighted by Crippen LogP contribution is 2.30. The summed E-state index contributed by atoms with van der Waals surface area (Å²) in [6.07, 6.45) is -1.32. The minimum Gasteiger partial charge on any atom is -0.481 e. The molecular formula is C74H119N13O18. The Morgan fingerprint density at radius 1 is 0.695 bits per heavy atom.